The van der Waals surface area contributed by atoms with Gasteiger partial charge in [0, 0.05) is 23.4 Å². The van der Waals surface area contributed by atoms with E-state index in [1.807, 2.05) is 0 Å². The Bertz CT molecular complexity index is 1080. The lowest BCUT2D eigenvalue weighted by atomic mass is 10.2. The number of hydrogen-bond acceptors (Lipinski definition) is 4. The summed E-state index contributed by atoms with van der Waals surface area (Å²) in [4.78, 5) is 8.39. The quantitative estimate of drug-likeness (QED) is 0.567. The summed E-state index contributed by atoms with van der Waals surface area (Å²) in [6.45, 7) is 3.53. The van der Waals surface area contributed by atoms with Gasteiger partial charge in [-0.15, -0.1) is 0 Å². The number of hydrogen-bond donors (Lipinski definition) is 0. The number of aryl methyl sites for hydroxylation is 1. The number of nitrogens with zero attached hydrogens (tertiary/aromatic N) is 3. The van der Waals surface area contributed by atoms with E-state index < -0.39 is 21.6 Å². The van der Waals surface area contributed by atoms with Crippen LogP contribution in [0.5, 0.6) is 0 Å². The van der Waals surface area contributed by atoms with Crippen LogP contribution in [0, 0.1) is 0 Å². The molecule has 0 radical (unpaired) electrons. The first-order valence-electron chi connectivity index (χ1n) is 8.03. The van der Waals surface area contributed by atoms with Gasteiger partial charge in [-0.3, -0.25) is 4.98 Å². The highest BCUT2D eigenvalue weighted by Gasteiger charge is 2.33. The molecule has 10 heteroatoms. The maximum atomic E-state index is 13.1. The van der Waals surface area contributed by atoms with Crippen molar-refractivity contribution in [2.45, 2.75) is 31.5 Å². The van der Waals surface area contributed by atoms with Gasteiger partial charge in [-0.2, -0.15) is 13.2 Å². The molecule has 0 atom stereocenters. The average molecular weight is 462 g/mol. The summed E-state index contributed by atoms with van der Waals surface area (Å²) < 4.78 is 66.2. The van der Waals surface area contributed by atoms with Gasteiger partial charge in [0.15, 0.2) is 9.84 Å². The largest absolute Gasteiger partial charge is 0.417 e. The molecule has 27 heavy (non-hydrogen) atoms. The molecule has 0 N–H and O–H groups in total. The van der Waals surface area contributed by atoms with Gasteiger partial charge in [0.25, 0.3) is 0 Å². The van der Waals surface area contributed by atoms with Crippen LogP contribution in [0.4, 0.5) is 13.2 Å². The molecule has 0 unspecified atom stereocenters. The Hall–Kier alpha value is -1.94. The number of fused-ring (bicyclic) bond motifs is 1. The highest BCUT2D eigenvalue weighted by molar-refractivity contribution is 9.10. The highest BCUT2D eigenvalue weighted by atomic mass is 79.9. The SMILES string of the molecule is CCn1cc(C(F)(F)F)cc2nc(-c3ncc(Br)cc3S(=O)(=O)CC)cc1-2. The van der Waals surface area contributed by atoms with Gasteiger partial charge in [0.1, 0.15) is 5.69 Å². The van der Waals surface area contributed by atoms with E-state index in [-0.39, 0.29) is 27.7 Å². The Labute approximate surface area is 162 Å². The van der Waals surface area contributed by atoms with Crippen molar-refractivity contribution in [3.63, 3.8) is 0 Å². The molecule has 0 bridgehead atoms. The van der Waals surface area contributed by atoms with Crippen molar-refractivity contribution in [2.24, 2.45) is 0 Å². The second-order valence-corrected chi connectivity index (χ2v) is 8.99. The lowest BCUT2D eigenvalue weighted by Crippen LogP contribution is -2.10. The van der Waals surface area contributed by atoms with Gasteiger partial charge in [0.2, 0.25) is 0 Å². The van der Waals surface area contributed by atoms with Crippen molar-refractivity contribution in [1.29, 1.82) is 0 Å². The van der Waals surface area contributed by atoms with Gasteiger partial charge in [-0.25, -0.2) is 13.4 Å². The molecule has 3 rings (SSSR count). The zero-order chi connectivity index (χ0) is 20.0. The zero-order valence-electron chi connectivity index (χ0n) is 14.4. The fraction of sp³-hybridized carbons (Fsp3) is 0.294. The molecule has 0 saturated heterocycles. The van der Waals surface area contributed by atoms with Crippen molar-refractivity contribution < 1.29 is 21.6 Å². The molecule has 2 aliphatic heterocycles. The van der Waals surface area contributed by atoms with Gasteiger partial charge in [-0.05, 0) is 41.1 Å². The minimum Gasteiger partial charge on any atom is -0.346 e. The van der Waals surface area contributed by atoms with Crippen LogP contribution >= 0.6 is 15.9 Å². The maximum Gasteiger partial charge on any atom is 0.417 e. The number of alkyl halides is 3. The topological polar surface area (TPSA) is 64.8 Å². The Morgan fingerprint density at radius 2 is 1.85 bits per heavy atom. The van der Waals surface area contributed by atoms with Gasteiger partial charge in [0.05, 0.1) is 33.3 Å². The van der Waals surface area contributed by atoms with Crippen LogP contribution in [0.2, 0.25) is 0 Å². The minimum absolute atomic E-state index is 0.0127. The predicted octanol–water partition coefficient (Wildman–Crippen LogP) is 4.64. The normalized spacial score (nSPS) is 12.7. The second-order valence-electron chi connectivity index (χ2n) is 5.83. The van der Waals surface area contributed by atoms with Gasteiger partial charge in [-0.1, -0.05) is 6.92 Å². The lowest BCUT2D eigenvalue weighted by Gasteiger charge is -2.14. The number of aromatic nitrogens is 3. The molecular weight excluding hydrogens is 447 g/mol. The van der Waals surface area contributed by atoms with E-state index in [0.717, 1.165) is 12.3 Å². The number of sulfone groups is 1. The standard InChI is InChI=1S/C17H15BrF3N3O2S/c1-3-24-9-10(17(19,20)21)5-12-14(24)7-13(23-12)16-15(27(25,26)4-2)6-11(18)8-22-16/h5-9H,3-4H2,1-2H3. The van der Waals surface area contributed by atoms with Crippen molar-refractivity contribution in [1.82, 2.24) is 14.5 Å². The highest BCUT2D eigenvalue weighted by Crippen LogP contribution is 2.37. The van der Waals surface area contributed by atoms with E-state index in [0.29, 0.717) is 16.7 Å². The van der Waals surface area contributed by atoms with E-state index in [2.05, 4.69) is 25.9 Å². The number of pyridine rings is 2. The van der Waals surface area contributed by atoms with Crippen molar-refractivity contribution in [2.75, 3.05) is 5.75 Å². The van der Waals surface area contributed by atoms with Gasteiger partial charge < -0.3 is 4.57 Å². The Morgan fingerprint density at radius 3 is 2.44 bits per heavy atom. The molecule has 2 aliphatic rings. The minimum atomic E-state index is -4.50. The van der Waals surface area contributed by atoms with Gasteiger partial charge >= 0.3 is 6.18 Å². The molecule has 0 fully saturated rings. The molecule has 0 aromatic carbocycles. The zero-order valence-corrected chi connectivity index (χ0v) is 16.8. The van der Waals surface area contributed by atoms with Crippen molar-refractivity contribution in [3.8, 4) is 22.8 Å². The van der Waals surface area contributed by atoms with Crippen molar-refractivity contribution in [3.05, 3.63) is 40.6 Å². The summed E-state index contributed by atoms with van der Waals surface area (Å²) in [6, 6.07) is 3.94. The first-order chi connectivity index (χ1) is 12.6. The van der Waals surface area contributed by atoms with E-state index in [4.69, 9.17) is 0 Å². The second kappa shape index (κ2) is 6.90. The third-order valence-electron chi connectivity index (χ3n) is 4.12. The Balaban J connectivity index is 2.28. The fourth-order valence-electron chi connectivity index (χ4n) is 2.72. The molecule has 0 saturated carbocycles. The monoisotopic (exact) mass is 461 g/mol. The van der Waals surface area contributed by atoms with Crippen LogP contribution in [0.25, 0.3) is 22.8 Å². The summed E-state index contributed by atoms with van der Waals surface area (Å²) in [5, 5.41) is 0. The third-order valence-corrected chi connectivity index (χ3v) is 6.29. The summed E-state index contributed by atoms with van der Waals surface area (Å²) >= 11 is 3.20. The Kier molecular flexibility index (Phi) is 5.06. The van der Waals surface area contributed by atoms with E-state index in [9.17, 15) is 21.6 Å². The van der Waals surface area contributed by atoms with Crippen LogP contribution in [0.1, 0.15) is 19.4 Å². The molecule has 3 heterocycles. The number of rotatable bonds is 4. The molecule has 1 aromatic heterocycles. The third kappa shape index (κ3) is 3.73. The fourth-order valence-corrected chi connectivity index (χ4v) is 4.28. The van der Waals surface area contributed by atoms with Crippen LogP contribution in [0.15, 0.2) is 40.0 Å². The first kappa shape index (κ1) is 19.8. The summed E-state index contributed by atoms with van der Waals surface area (Å²) in [5.74, 6) is -0.133. The van der Waals surface area contributed by atoms with Crippen LogP contribution in [-0.4, -0.2) is 28.7 Å². The molecule has 5 nitrogen and oxygen atoms in total. The summed E-state index contributed by atoms with van der Waals surface area (Å²) in [6.07, 6.45) is -2.05. The molecule has 1 aromatic rings. The van der Waals surface area contributed by atoms with Crippen molar-refractivity contribution >= 4 is 25.8 Å². The molecule has 0 aliphatic carbocycles. The molecular formula is C17H15BrF3N3O2S. The Morgan fingerprint density at radius 1 is 1.15 bits per heavy atom. The molecule has 0 amide bonds. The smallest absolute Gasteiger partial charge is 0.346 e. The summed E-state index contributed by atoms with van der Waals surface area (Å²) in [5.41, 5.74) is 0.126. The average Bonchev–Trinajstić information content (AvgIpc) is 3.04. The first-order valence-corrected chi connectivity index (χ1v) is 10.5. The maximum absolute atomic E-state index is 13.1. The number of halogens is 4. The lowest BCUT2D eigenvalue weighted by molar-refractivity contribution is -0.138. The van der Waals surface area contributed by atoms with Crippen LogP contribution in [0.3, 0.4) is 0 Å². The summed E-state index contributed by atoms with van der Waals surface area (Å²) in [7, 11) is -3.60. The van der Waals surface area contributed by atoms with E-state index >= 15 is 0 Å². The van der Waals surface area contributed by atoms with E-state index in [1.165, 1.54) is 23.8 Å². The van der Waals surface area contributed by atoms with E-state index in [1.54, 1.807) is 13.0 Å². The molecule has 0 spiro atoms. The van der Waals surface area contributed by atoms with Crippen LogP contribution in [-0.2, 0) is 22.6 Å². The molecule has 144 valence electrons. The predicted molar refractivity (Wildman–Crippen MR) is 98.2 cm³/mol. The van der Waals surface area contributed by atoms with Crippen LogP contribution < -0.4 is 0 Å².